The van der Waals surface area contributed by atoms with E-state index in [1.165, 1.54) is 24.8 Å². The summed E-state index contributed by atoms with van der Waals surface area (Å²) in [6.07, 6.45) is 7.48. The molecule has 2 aromatic rings. The van der Waals surface area contributed by atoms with Crippen LogP contribution in [0.25, 0.3) is 0 Å². The number of benzene rings is 1. The van der Waals surface area contributed by atoms with Crippen molar-refractivity contribution in [3.63, 3.8) is 0 Å². The number of hydrogen-bond acceptors (Lipinski definition) is 4. The van der Waals surface area contributed by atoms with Crippen LogP contribution in [0.2, 0.25) is 0 Å². The van der Waals surface area contributed by atoms with Crippen molar-refractivity contribution in [3.05, 3.63) is 42.0 Å². The maximum absolute atomic E-state index is 6.31. The minimum absolute atomic E-state index is 0.0805. The van der Waals surface area contributed by atoms with Crippen LogP contribution in [0.15, 0.2) is 30.6 Å². The second-order valence-corrected chi connectivity index (χ2v) is 6.68. The van der Waals surface area contributed by atoms with Gasteiger partial charge in [-0.15, -0.1) is 10.2 Å². The largest absolute Gasteiger partial charge is 0.487 e. The van der Waals surface area contributed by atoms with Crippen molar-refractivity contribution in [1.82, 2.24) is 20.1 Å². The lowest BCUT2D eigenvalue weighted by molar-refractivity contribution is -0.0369. The summed E-state index contributed by atoms with van der Waals surface area (Å²) in [5, 5.41) is 11.9. The lowest BCUT2D eigenvalue weighted by Crippen LogP contribution is -2.49. The molecule has 0 bridgehead atoms. The molecule has 5 heteroatoms. The van der Waals surface area contributed by atoms with E-state index in [4.69, 9.17) is 4.74 Å². The Kier molecular flexibility index (Phi) is 3.81. The molecule has 1 fully saturated rings. The molecule has 1 aliphatic heterocycles. The summed E-state index contributed by atoms with van der Waals surface area (Å²) < 4.78 is 8.45. The van der Waals surface area contributed by atoms with E-state index in [1.54, 1.807) is 0 Å². The van der Waals surface area contributed by atoms with Crippen LogP contribution in [-0.2, 0) is 13.0 Å². The fraction of sp³-hybridized carbons (Fsp3) is 0.556. The second kappa shape index (κ2) is 5.96. The Morgan fingerprint density at radius 3 is 3.00 bits per heavy atom. The van der Waals surface area contributed by atoms with Gasteiger partial charge >= 0.3 is 0 Å². The monoisotopic (exact) mass is 312 g/mol. The van der Waals surface area contributed by atoms with E-state index < -0.39 is 0 Å². The molecule has 0 amide bonds. The lowest BCUT2D eigenvalue weighted by atomic mass is 9.73. The van der Waals surface area contributed by atoms with Crippen LogP contribution >= 0.6 is 0 Å². The topological polar surface area (TPSA) is 52.0 Å². The van der Waals surface area contributed by atoms with Crippen LogP contribution in [0.3, 0.4) is 0 Å². The van der Waals surface area contributed by atoms with E-state index in [0.717, 1.165) is 37.5 Å². The average Bonchev–Trinajstić information content (AvgIpc) is 3.00. The van der Waals surface area contributed by atoms with Gasteiger partial charge in [-0.1, -0.05) is 25.1 Å². The van der Waals surface area contributed by atoms with Crippen LogP contribution in [0.5, 0.6) is 5.75 Å². The molecule has 4 rings (SSSR count). The molecular weight excluding hydrogens is 288 g/mol. The molecule has 2 aliphatic rings. The molecule has 1 aromatic carbocycles. The Bertz CT molecular complexity index is 677. The summed E-state index contributed by atoms with van der Waals surface area (Å²) in [6, 6.07) is 8.84. The molecule has 2 heterocycles. The van der Waals surface area contributed by atoms with E-state index in [9.17, 15) is 0 Å². The van der Waals surface area contributed by atoms with Gasteiger partial charge in [0.2, 0.25) is 0 Å². The lowest BCUT2D eigenvalue weighted by Gasteiger charge is -2.48. The van der Waals surface area contributed by atoms with Crippen LogP contribution in [0.1, 0.15) is 50.0 Å². The van der Waals surface area contributed by atoms with Crippen LogP contribution < -0.4 is 10.1 Å². The Balaban J connectivity index is 1.45. The fourth-order valence-corrected chi connectivity index (χ4v) is 3.78. The number of aromatic nitrogens is 3. The molecule has 0 saturated heterocycles. The number of ether oxygens (including phenoxy) is 1. The summed E-state index contributed by atoms with van der Waals surface area (Å²) in [6.45, 7) is 3.94. The molecule has 1 aromatic heterocycles. The molecule has 122 valence electrons. The predicted molar refractivity (Wildman–Crippen MR) is 88.4 cm³/mol. The van der Waals surface area contributed by atoms with Gasteiger partial charge in [-0.3, -0.25) is 0 Å². The zero-order valence-electron chi connectivity index (χ0n) is 13.7. The van der Waals surface area contributed by atoms with Crippen molar-refractivity contribution in [2.24, 2.45) is 0 Å². The number of rotatable bonds is 5. The number of nitrogens with one attached hydrogen (secondary N) is 1. The highest BCUT2D eigenvalue weighted by molar-refractivity contribution is 5.39. The molecule has 23 heavy (non-hydrogen) atoms. The summed E-state index contributed by atoms with van der Waals surface area (Å²) >= 11 is 0. The van der Waals surface area contributed by atoms with Gasteiger partial charge in [0.15, 0.2) is 0 Å². The molecule has 1 spiro atoms. The summed E-state index contributed by atoms with van der Waals surface area (Å²) in [7, 11) is 0. The van der Waals surface area contributed by atoms with Crippen LogP contribution in [-0.4, -0.2) is 26.9 Å². The first-order valence-electron chi connectivity index (χ1n) is 8.68. The molecule has 0 unspecified atom stereocenters. The smallest absolute Gasteiger partial charge is 0.132 e. The quantitative estimate of drug-likeness (QED) is 0.922. The van der Waals surface area contributed by atoms with E-state index >= 15 is 0 Å². The van der Waals surface area contributed by atoms with Crippen LogP contribution in [0, 0.1) is 0 Å². The average molecular weight is 312 g/mol. The highest BCUT2D eigenvalue weighted by atomic mass is 16.5. The van der Waals surface area contributed by atoms with E-state index in [2.05, 4.69) is 51.3 Å². The second-order valence-electron chi connectivity index (χ2n) is 6.68. The van der Waals surface area contributed by atoms with Crippen molar-refractivity contribution in [2.45, 2.75) is 57.2 Å². The van der Waals surface area contributed by atoms with Crippen molar-refractivity contribution < 1.29 is 4.74 Å². The number of para-hydroxylation sites is 1. The first-order chi connectivity index (χ1) is 11.3. The number of nitrogens with zero attached hydrogens (tertiary/aromatic N) is 3. The van der Waals surface area contributed by atoms with Gasteiger partial charge in [-0.2, -0.15) is 0 Å². The maximum atomic E-state index is 6.31. The van der Waals surface area contributed by atoms with Gasteiger partial charge in [-0.25, -0.2) is 0 Å². The standard InChI is InChI=1S/C18H24N4O/c1-2-17-21-20-13-22(17)11-10-19-15-12-18(8-5-9-18)23-16-7-4-3-6-14(15)16/h3-4,6-7,13,15,19H,2,5,8-12H2,1H3/t15-/m1/s1. The van der Waals surface area contributed by atoms with Crippen molar-refractivity contribution in [2.75, 3.05) is 6.54 Å². The van der Waals surface area contributed by atoms with Crippen molar-refractivity contribution in [3.8, 4) is 5.75 Å². The highest BCUT2D eigenvalue weighted by Gasteiger charge is 2.45. The van der Waals surface area contributed by atoms with E-state index in [0.29, 0.717) is 6.04 Å². The van der Waals surface area contributed by atoms with Gasteiger partial charge in [-0.05, 0) is 25.3 Å². The first-order valence-corrected chi connectivity index (χ1v) is 8.68. The molecule has 1 saturated carbocycles. The number of hydrogen-bond donors (Lipinski definition) is 1. The van der Waals surface area contributed by atoms with E-state index in [-0.39, 0.29) is 5.60 Å². The molecule has 1 aliphatic carbocycles. The Morgan fingerprint density at radius 1 is 1.35 bits per heavy atom. The van der Waals surface area contributed by atoms with Gasteiger partial charge in [0.1, 0.15) is 23.5 Å². The number of fused-ring (bicyclic) bond motifs is 1. The molecular formula is C18H24N4O. The first kappa shape index (κ1) is 14.7. The minimum Gasteiger partial charge on any atom is -0.487 e. The third-order valence-corrected chi connectivity index (χ3v) is 5.22. The highest BCUT2D eigenvalue weighted by Crippen LogP contribution is 2.48. The van der Waals surface area contributed by atoms with Gasteiger partial charge < -0.3 is 14.6 Å². The third kappa shape index (κ3) is 2.74. The molecule has 0 radical (unpaired) electrons. The van der Waals surface area contributed by atoms with E-state index in [1.807, 2.05) is 6.33 Å². The van der Waals surface area contributed by atoms with Gasteiger partial charge in [0, 0.05) is 37.5 Å². The molecule has 1 atom stereocenters. The Labute approximate surface area is 137 Å². The SMILES string of the molecule is CCc1nncn1CCN[C@@H]1CC2(CCC2)Oc2ccccc21. The Hall–Kier alpha value is -1.88. The predicted octanol–water partition coefficient (Wildman–Crippen LogP) is 2.88. The van der Waals surface area contributed by atoms with Crippen LogP contribution in [0.4, 0.5) is 0 Å². The summed E-state index contributed by atoms with van der Waals surface area (Å²) in [5.41, 5.74) is 1.38. The molecule has 1 N–H and O–H groups in total. The minimum atomic E-state index is 0.0805. The van der Waals surface area contributed by atoms with Gasteiger partial charge in [0.05, 0.1) is 0 Å². The van der Waals surface area contributed by atoms with Crippen molar-refractivity contribution in [1.29, 1.82) is 0 Å². The summed E-state index contributed by atoms with van der Waals surface area (Å²) in [4.78, 5) is 0. The third-order valence-electron chi connectivity index (χ3n) is 5.22. The summed E-state index contributed by atoms with van der Waals surface area (Å²) in [5.74, 6) is 2.11. The normalized spacial score (nSPS) is 21.5. The van der Waals surface area contributed by atoms with Crippen molar-refractivity contribution >= 4 is 0 Å². The number of aryl methyl sites for hydroxylation is 1. The van der Waals surface area contributed by atoms with Gasteiger partial charge in [0.25, 0.3) is 0 Å². The zero-order chi connectivity index (χ0) is 15.7. The molecule has 5 nitrogen and oxygen atoms in total. The Morgan fingerprint density at radius 2 is 2.22 bits per heavy atom. The zero-order valence-corrected chi connectivity index (χ0v) is 13.7. The fourth-order valence-electron chi connectivity index (χ4n) is 3.78. The maximum Gasteiger partial charge on any atom is 0.132 e.